The van der Waals surface area contributed by atoms with E-state index in [9.17, 15) is 0 Å². The largest absolute Gasteiger partial charge is 0.122 e. The minimum absolute atomic E-state index is 0.662. The van der Waals surface area contributed by atoms with Crippen molar-refractivity contribution in [3.05, 3.63) is 12.2 Å². The molecular weight excluding hydrogens is 296 g/mol. The van der Waals surface area contributed by atoms with E-state index >= 15 is 0 Å². The molecule has 0 N–H and O–H groups in total. The Morgan fingerprint density at radius 3 is 1.59 bits per heavy atom. The summed E-state index contributed by atoms with van der Waals surface area (Å²) in [5.74, 6) is 0.662. The van der Waals surface area contributed by atoms with Crippen molar-refractivity contribution in [1.82, 2.24) is 0 Å². The van der Waals surface area contributed by atoms with Crippen LogP contribution >= 0.6 is 27.5 Å². The van der Waals surface area contributed by atoms with Crippen molar-refractivity contribution in [2.75, 3.05) is 11.2 Å². The molecule has 0 aromatic rings. The maximum atomic E-state index is 5.55. The van der Waals surface area contributed by atoms with Gasteiger partial charge in [0.2, 0.25) is 0 Å². The molecule has 0 amide bonds. The molecule has 0 fully saturated rings. The van der Waals surface area contributed by atoms with Crippen LogP contribution in [0.25, 0.3) is 0 Å². The molecule has 0 nitrogen and oxygen atoms in total. The summed E-state index contributed by atoms with van der Waals surface area (Å²) in [4.78, 5) is 0. The topological polar surface area (TPSA) is 0 Å². The summed E-state index contributed by atoms with van der Waals surface area (Å²) in [5.41, 5.74) is 0. The van der Waals surface area contributed by atoms with Gasteiger partial charge < -0.3 is 0 Å². The fourth-order valence-corrected chi connectivity index (χ4v) is 2.47. The Hall–Kier alpha value is 0.510. The smallest absolute Gasteiger partial charge is 0.0404 e. The summed E-state index contributed by atoms with van der Waals surface area (Å²) in [7, 11) is 0. The second kappa shape index (κ2) is 16.5. The van der Waals surface area contributed by atoms with Crippen molar-refractivity contribution in [2.24, 2.45) is 0 Å². The fraction of sp³-hybridized carbons (Fsp3) is 0.867. The molecule has 2 heteroatoms. The molecule has 0 aliphatic heterocycles. The number of allylic oxidation sites excluding steroid dienone is 2. The lowest BCUT2D eigenvalue weighted by Gasteiger charge is -2.01. The monoisotopic (exact) mass is 322 g/mol. The van der Waals surface area contributed by atoms with Gasteiger partial charge in [0, 0.05) is 11.2 Å². The minimum atomic E-state index is 0.662. The first-order valence-electron chi connectivity index (χ1n) is 7.18. The lowest BCUT2D eigenvalue weighted by Crippen LogP contribution is -1.82. The van der Waals surface area contributed by atoms with Crippen LogP contribution in [0.1, 0.15) is 70.6 Å². The molecule has 0 aliphatic rings. The van der Waals surface area contributed by atoms with Gasteiger partial charge in [0.1, 0.15) is 0 Å². The normalized spacial score (nSPS) is 11.4. The number of hydrogen-bond donors (Lipinski definition) is 0. The lowest BCUT2D eigenvalue weighted by molar-refractivity contribution is 0.558. The molecule has 0 radical (unpaired) electrons. The van der Waals surface area contributed by atoms with Gasteiger partial charge in [0.15, 0.2) is 0 Å². The summed E-state index contributed by atoms with van der Waals surface area (Å²) < 4.78 is 0. The van der Waals surface area contributed by atoms with E-state index in [1.807, 2.05) is 0 Å². The number of unbranched alkanes of at least 4 members (excludes halogenated alkanes) is 10. The van der Waals surface area contributed by atoms with E-state index in [1.165, 1.54) is 76.0 Å². The summed E-state index contributed by atoms with van der Waals surface area (Å²) in [6.07, 6.45) is 19.5. The molecular formula is C15H28BrCl. The van der Waals surface area contributed by atoms with Gasteiger partial charge in [-0.3, -0.25) is 0 Å². The van der Waals surface area contributed by atoms with E-state index in [0.717, 1.165) is 0 Å². The van der Waals surface area contributed by atoms with Crippen LogP contribution in [0.4, 0.5) is 0 Å². The van der Waals surface area contributed by atoms with Crippen molar-refractivity contribution in [2.45, 2.75) is 70.6 Å². The molecule has 0 unspecified atom stereocenters. The molecule has 0 aromatic heterocycles. The maximum Gasteiger partial charge on any atom is 0.0404 e. The SMILES string of the molecule is ClCC=CCCCCCCCCCCCCBr. The first-order valence-corrected chi connectivity index (χ1v) is 8.84. The van der Waals surface area contributed by atoms with E-state index < -0.39 is 0 Å². The first-order chi connectivity index (χ1) is 8.41. The van der Waals surface area contributed by atoms with Crippen LogP contribution in [-0.4, -0.2) is 11.2 Å². The Kier molecular flexibility index (Phi) is 17.0. The van der Waals surface area contributed by atoms with Crippen molar-refractivity contribution in [3.63, 3.8) is 0 Å². The standard InChI is InChI=1S/C15H28BrCl/c16-14-12-10-8-6-4-2-1-3-5-7-9-11-13-15-17/h11,13H,1-10,12,14-15H2. The van der Waals surface area contributed by atoms with Crippen LogP contribution in [0.2, 0.25) is 0 Å². The lowest BCUT2D eigenvalue weighted by atomic mass is 10.1. The van der Waals surface area contributed by atoms with Crippen LogP contribution in [0.5, 0.6) is 0 Å². The predicted octanol–water partition coefficient (Wildman–Crippen LogP) is 6.47. The Morgan fingerprint density at radius 2 is 1.12 bits per heavy atom. The van der Waals surface area contributed by atoms with E-state index in [-0.39, 0.29) is 0 Å². The van der Waals surface area contributed by atoms with Crippen LogP contribution in [0.3, 0.4) is 0 Å². The van der Waals surface area contributed by atoms with Crippen LogP contribution < -0.4 is 0 Å². The zero-order valence-electron chi connectivity index (χ0n) is 11.1. The van der Waals surface area contributed by atoms with Crippen molar-refractivity contribution >= 4 is 27.5 Å². The Balaban J connectivity index is 2.91. The fourth-order valence-electron chi connectivity index (χ4n) is 1.95. The van der Waals surface area contributed by atoms with Gasteiger partial charge in [-0.05, 0) is 19.3 Å². The van der Waals surface area contributed by atoms with Crippen LogP contribution in [0, 0.1) is 0 Å². The zero-order valence-corrected chi connectivity index (χ0v) is 13.4. The van der Waals surface area contributed by atoms with E-state index in [0.29, 0.717) is 5.88 Å². The van der Waals surface area contributed by atoms with E-state index in [2.05, 4.69) is 28.1 Å². The molecule has 102 valence electrons. The number of hydrogen-bond acceptors (Lipinski definition) is 0. The van der Waals surface area contributed by atoms with Gasteiger partial charge in [-0.25, -0.2) is 0 Å². The highest BCUT2D eigenvalue weighted by atomic mass is 79.9. The number of alkyl halides is 2. The molecule has 0 saturated carbocycles. The number of rotatable bonds is 13. The zero-order chi connectivity index (χ0) is 12.6. The average molecular weight is 324 g/mol. The third-order valence-corrected chi connectivity index (χ3v) is 3.75. The quantitative estimate of drug-likeness (QED) is 0.207. The van der Waals surface area contributed by atoms with Gasteiger partial charge in [-0.1, -0.05) is 79.4 Å². The summed E-state index contributed by atoms with van der Waals surface area (Å²) in [6, 6.07) is 0. The molecule has 0 heterocycles. The highest BCUT2D eigenvalue weighted by Gasteiger charge is 1.92. The molecule has 17 heavy (non-hydrogen) atoms. The van der Waals surface area contributed by atoms with Gasteiger partial charge in [0.05, 0.1) is 0 Å². The molecule has 0 atom stereocenters. The molecule has 0 spiro atoms. The Labute approximate surface area is 121 Å². The highest BCUT2D eigenvalue weighted by Crippen LogP contribution is 2.11. The van der Waals surface area contributed by atoms with Crippen molar-refractivity contribution < 1.29 is 0 Å². The van der Waals surface area contributed by atoms with Gasteiger partial charge >= 0.3 is 0 Å². The highest BCUT2D eigenvalue weighted by molar-refractivity contribution is 9.09. The second-order valence-corrected chi connectivity index (χ2v) is 5.74. The van der Waals surface area contributed by atoms with E-state index in [1.54, 1.807) is 0 Å². The van der Waals surface area contributed by atoms with Crippen molar-refractivity contribution in [1.29, 1.82) is 0 Å². The van der Waals surface area contributed by atoms with Crippen molar-refractivity contribution in [3.8, 4) is 0 Å². The molecule has 0 aliphatic carbocycles. The summed E-state index contributed by atoms with van der Waals surface area (Å²) in [5, 5.41) is 1.17. The van der Waals surface area contributed by atoms with Gasteiger partial charge in [0.25, 0.3) is 0 Å². The minimum Gasteiger partial charge on any atom is -0.122 e. The summed E-state index contributed by atoms with van der Waals surface area (Å²) in [6.45, 7) is 0. The molecule has 0 bridgehead atoms. The molecule has 0 aromatic carbocycles. The first kappa shape index (κ1) is 17.5. The Bertz CT molecular complexity index is 157. The van der Waals surface area contributed by atoms with Crippen LogP contribution in [-0.2, 0) is 0 Å². The second-order valence-electron chi connectivity index (χ2n) is 4.64. The number of halogens is 2. The third kappa shape index (κ3) is 16.5. The predicted molar refractivity (Wildman–Crippen MR) is 84.4 cm³/mol. The third-order valence-electron chi connectivity index (χ3n) is 3.01. The Morgan fingerprint density at radius 1 is 0.647 bits per heavy atom. The van der Waals surface area contributed by atoms with Gasteiger partial charge in [-0.15, -0.1) is 11.6 Å². The maximum absolute atomic E-state index is 5.55. The van der Waals surface area contributed by atoms with Crippen LogP contribution in [0.15, 0.2) is 12.2 Å². The molecule has 0 rings (SSSR count). The average Bonchev–Trinajstić information content (AvgIpc) is 2.35. The van der Waals surface area contributed by atoms with Gasteiger partial charge in [-0.2, -0.15) is 0 Å². The van der Waals surface area contributed by atoms with E-state index in [4.69, 9.17) is 11.6 Å². The summed E-state index contributed by atoms with van der Waals surface area (Å²) >= 11 is 9.03. The molecule has 0 saturated heterocycles.